The normalized spacial score (nSPS) is 10.1. The van der Waals surface area contributed by atoms with E-state index < -0.39 is 0 Å². The summed E-state index contributed by atoms with van der Waals surface area (Å²) in [5.41, 5.74) is 0.814. The minimum atomic E-state index is 0.518. The lowest BCUT2D eigenvalue weighted by Gasteiger charge is -2.02. The van der Waals surface area contributed by atoms with Gasteiger partial charge in [-0.15, -0.1) is 5.10 Å². The molecule has 6 heteroatoms. The van der Waals surface area contributed by atoms with Crippen molar-refractivity contribution >= 4 is 17.3 Å². The van der Waals surface area contributed by atoms with E-state index in [0.29, 0.717) is 17.4 Å². The zero-order valence-corrected chi connectivity index (χ0v) is 7.91. The van der Waals surface area contributed by atoms with Crippen molar-refractivity contribution in [2.45, 2.75) is 6.54 Å². The van der Waals surface area contributed by atoms with Crippen molar-refractivity contribution in [1.29, 1.82) is 0 Å². The Morgan fingerprint density at radius 1 is 1.50 bits per heavy atom. The van der Waals surface area contributed by atoms with Crippen LogP contribution in [0.15, 0.2) is 18.2 Å². The molecule has 0 aliphatic heterocycles. The average Bonchev–Trinajstić information content (AvgIpc) is 2.67. The Labute approximate surface area is 85.5 Å². The molecule has 5 nitrogen and oxygen atoms in total. The number of tetrazole rings is 1. The molecule has 2 aromatic rings. The van der Waals surface area contributed by atoms with E-state index in [1.54, 1.807) is 6.07 Å². The number of rotatable bonds is 3. The number of hydrogen-bond acceptors (Lipinski definition) is 4. The molecule has 2 N–H and O–H groups in total. The molecule has 2 rings (SSSR count). The molecule has 0 fully saturated rings. The van der Waals surface area contributed by atoms with E-state index in [0.717, 1.165) is 5.69 Å². The van der Waals surface area contributed by atoms with E-state index in [4.69, 9.17) is 11.6 Å². The van der Waals surface area contributed by atoms with Gasteiger partial charge in [0.2, 0.25) is 0 Å². The number of nitrogens with one attached hydrogen (secondary N) is 2. The van der Waals surface area contributed by atoms with Crippen LogP contribution < -0.4 is 5.32 Å². The summed E-state index contributed by atoms with van der Waals surface area (Å²) in [7, 11) is 0. The van der Waals surface area contributed by atoms with Gasteiger partial charge in [0, 0.05) is 11.8 Å². The first-order valence-electron chi connectivity index (χ1n) is 3.99. The predicted octanol–water partition coefficient (Wildman–Crippen LogP) is 1.27. The third-order valence-corrected chi connectivity index (χ3v) is 1.82. The van der Waals surface area contributed by atoms with E-state index in [1.807, 2.05) is 12.1 Å². The van der Waals surface area contributed by atoms with E-state index in [2.05, 4.69) is 32.0 Å². The highest BCUT2D eigenvalue weighted by molar-refractivity contribution is 6.30. The Morgan fingerprint density at radius 3 is 3.14 bits per heavy atom. The van der Waals surface area contributed by atoms with Crippen LogP contribution in [0, 0.1) is 6.07 Å². The number of benzene rings is 1. The molecule has 1 aromatic heterocycles. The number of halogens is 1. The largest absolute Gasteiger partial charge is 0.377 e. The summed E-state index contributed by atoms with van der Waals surface area (Å²) in [5, 5.41) is 16.9. The van der Waals surface area contributed by atoms with Crippen LogP contribution in [0.3, 0.4) is 0 Å². The summed E-state index contributed by atoms with van der Waals surface area (Å²) in [6, 6.07) is 8.43. The zero-order chi connectivity index (χ0) is 9.80. The molecule has 71 valence electrons. The fraction of sp³-hybridized carbons (Fsp3) is 0.125. The van der Waals surface area contributed by atoms with Gasteiger partial charge >= 0.3 is 0 Å². The average molecular weight is 209 g/mol. The predicted molar refractivity (Wildman–Crippen MR) is 51.8 cm³/mol. The third kappa shape index (κ3) is 2.20. The van der Waals surface area contributed by atoms with Crippen LogP contribution >= 0.6 is 11.6 Å². The van der Waals surface area contributed by atoms with Crippen LogP contribution in [0.2, 0.25) is 5.02 Å². The monoisotopic (exact) mass is 208 g/mol. The summed E-state index contributed by atoms with van der Waals surface area (Å²) in [5.74, 6) is 0.665. The van der Waals surface area contributed by atoms with Crippen molar-refractivity contribution in [3.8, 4) is 0 Å². The van der Waals surface area contributed by atoms with E-state index in [-0.39, 0.29) is 0 Å². The number of nitrogens with zero attached hydrogens (tertiary/aromatic N) is 3. The van der Waals surface area contributed by atoms with Crippen LogP contribution in [0.1, 0.15) is 5.82 Å². The van der Waals surface area contributed by atoms with Crippen LogP contribution in [-0.2, 0) is 6.54 Å². The highest BCUT2D eigenvalue weighted by atomic mass is 35.5. The maximum absolute atomic E-state index is 5.76. The Hall–Kier alpha value is -1.62. The second-order valence-corrected chi connectivity index (χ2v) is 3.02. The molecule has 0 saturated heterocycles. The second kappa shape index (κ2) is 4.06. The highest BCUT2D eigenvalue weighted by Gasteiger charge is 1.97. The maximum atomic E-state index is 5.76. The standard InChI is InChI=1S/C8H7ClN5/c9-6-2-1-3-7(4-6)10-5-8-11-13-14-12-8/h1-3,10H,5H2,(H,11,12,13,14). The number of aromatic nitrogens is 4. The van der Waals surface area contributed by atoms with Crippen molar-refractivity contribution in [2.75, 3.05) is 5.32 Å². The summed E-state index contributed by atoms with van der Waals surface area (Å²) in [4.78, 5) is 0. The Kier molecular flexibility index (Phi) is 2.60. The number of H-pyrrole nitrogens is 1. The quantitative estimate of drug-likeness (QED) is 0.797. The zero-order valence-electron chi connectivity index (χ0n) is 7.16. The first-order chi connectivity index (χ1) is 6.84. The lowest BCUT2D eigenvalue weighted by Crippen LogP contribution is -2.01. The van der Waals surface area contributed by atoms with Crippen molar-refractivity contribution in [1.82, 2.24) is 20.6 Å². The van der Waals surface area contributed by atoms with Crippen LogP contribution in [0.5, 0.6) is 0 Å². The molecule has 1 aromatic carbocycles. The SMILES string of the molecule is Clc1[c]c(NCc2nnn[nH]2)ccc1. The van der Waals surface area contributed by atoms with Crippen molar-refractivity contribution in [2.24, 2.45) is 0 Å². The fourth-order valence-corrected chi connectivity index (χ4v) is 1.15. The van der Waals surface area contributed by atoms with E-state index >= 15 is 0 Å². The van der Waals surface area contributed by atoms with Gasteiger partial charge < -0.3 is 5.32 Å². The molecule has 0 aliphatic carbocycles. The number of hydrogen-bond donors (Lipinski definition) is 2. The first-order valence-corrected chi connectivity index (χ1v) is 4.37. The van der Waals surface area contributed by atoms with Gasteiger partial charge in [0.1, 0.15) is 0 Å². The molecule has 1 heterocycles. The summed E-state index contributed by atoms with van der Waals surface area (Å²) in [6.45, 7) is 0.518. The van der Waals surface area contributed by atoms with Crippen molar-refractivity contribution < 1.29 is 0 Å². The molecule has 14 heavy (non-hydrogen) atoms. The first kappa shape index (κ1) is 8.96. The van der Waals surface area contributed by atoms with Gasteiger partial charge in [0.25, 0.3) is 0 Å². The second-order valence-electron chi connectivity index (χ2n) is 2.61. The van der Waals surface area contributed by atoms with Crippen LogP contribution in [-0.4, -0.2) is 20.6 Å². The molecule has 0 aliphatic rings. The molecular formula is C8H7ClN5. The summed E-state index contributed by atoms with van der Waals surface area (Å²) < 4.78 is 0. The lowest BCUT2D eigenvalue weighted by molar-refractivity contribution is 0.881. The molecule has 0 unspecified atom stereocenters. The minimum Gasteiger partial charge on any atom is -0.377 e. The molecule has 0 spiro atoms. The highest BCUT2D eigenvalue weighted by Crippen LogP contribution is 2.13. The number of aromatic amines is 1. The van der Waals surface area contributed by atoms with E-state index in [1.165, 1.54) is 0 Å². The Bertz CT molecular complexity index is 400. The summed E-state index contributed by atoms with van der Waals surface area (Å²) >= 11 is 5.76. The third-order valence-electron chi connectivity index (χ3n) is 1.60. The lowest BCUT2D eigenvalue weighted by atomic mass is 10.3. The molecule has 0 saturated carbocycles. The van der Waals surface area contributed by atoms with Gasteiger partial charge in [0.05, 0.1) is 11.6 Å². The van der Waals surface area contributed by atoms with Crippen LogP contribution in [0.4, 0.5) is 5.69 Å². The Balaban J connectivity index is 1.98. The van der Waals surface area contributed by atoms with Crippen LogP contribution in [0.25, 0.3) is 0 Å². The van der Waals surface area contributed by atoms with Gasteiger partial charge in [0.15, 0.2) is 5.82 Å². The minimum absolute atomic E-state index is 0.518. The smallest absolute Gasteiger partial charge is 0.167 e. The number of anilines is 1. The van der Waals surface area contributed by atoms with Gasteiger partial charge in [-0.2, -0.15) is 0 Å². The van der Waals surface area contributed by atoms with Gasteiger partial charge in [-0.3, -0.25) is 0 Å². The molecule has 1 radical (unpaired) electrons. The van der Waals surface area contributed by atoms with Gasteiger partial charge in [-0.1, -0.05) is 17.7 Å². The molecule has 0 bridgehead atoms. The van der Waals surface area contributed by atoms with Gasteiger partial charge in [-0.05, 0) is 22.6 Å². The van der Waals surface area contributed by atoms with Crippen molar-refractivity contribution in [3.63, 3.8) is 0 Å². The molecule has 0 amide bonds. The molecule has 0 atom stereocenters. The van der Waals surface area contributed by atoms with E-state index in [9.17, 15) is 0 Å². The topological polar surface area (TPSA) is 66.5 Å². The summed E-state index contributed by atoms with van der Waals surface area (Å²) in [6.07, 6.45) is 0. The van der Waals surface area contributed by atoms with Gasteiger partial charge in [-0.25, -0.2) is 5.10 Å². The Morgan fingerprint density at radius 2 is 2.43 bits per heavy atom. The van der Waals surface area contributed by atoms with Crippen molar-refractivity contribution in [3.05, 3.63) is 35.1 Å². The molecular weight excluding hydrogens is 202 g/mol. The fourth-order valence-electron chi connectivity index (χ4n) is 0.977. The maximum Gasteiger partial charge on any atom is 0.167 e.